The lowest BCUT2D eigenvalue weighted by Crippen LogP contribution is -2.40. The molecular formula is C18H23Cl2FN4O. The number of hydrogen-bond donors (Lipinski definition) is 3. The van der Waals surface area contributed by atoms with Crippen molar-refractivity contribution in [3.8, 4) is 0 Å². The fourth-order valence-electron chi connectivity index (χ4n) is 2.90. The second kappa shape index (κ2) is 10.3. The van der Waals surface area contributed by atoms with Crippen LogP contribution in [0, 0.1) is 5.82 Å². The van der Waals surface area contributed by atoms with Gasteiger partial charge in [-0.25, -0.2) is 9.37 Å². The average molecular weight is 401 g/mol. The molecule has 8 heteroatoms. The Hall–Kier alpha value is -1.89. The summed E-state index contributed by atoms with van der Waals surface area (Å²) in [5.41, 5.74) is 6.58. The quantitative estimate of drug-likeness (QED) is 0.728. The van der Waals surface area contributed by atoms with Crippen molar-refractivity contribution in [3.63, 3.8) is 0 Å². The van der Waals surface area contributed by atoms with E-state index in [4.69, 9.17) is 5.73 Å². The molecule has 4 N–H and O–H groups in total. The van der Waals surface area contributed by atoms with Gasteiger partial charge >= 0.3 is 0 Å². The van der Waals surface area contributed by atoms with Gasteiger partial charge in [0.1, 0.15) is 11.6 Å². The molecule has 1 amide bonds. The third-order valence-corrected chi connectivity index (χ3v) is 4.29. The Morgan fingerprint density at radius 3 is 2.46 bits per heavy atom. The van der Waals surface area contributed by atoms with Gasteiger partial charge in [-0.15, -0.1) is 24.8 Å². The van der Waals surface area contributed by atoms with E-state index in [1.54, 1.807) is 36.5 Å². The van der Waals surface area contributed by atoms with Gasteiger partial charge in [0.05, 0.1) is 11.3 Å². The largest absolute Gasteiger partial charge is 0.349 e. The first kappa shape index (κ1) is 22.2. The number of anilines is 2. The highest BCUT2D eigenvalue weighted by Gasteiger charge is 2.22. The summed E-state index contributed by atoms with van der Waals surface area (Å²) in [6.07, 6.45) is 5.16. The van der Waals surface area contributed by atoms with Crippen LogP contribution in [-0.4, -0.2) is 23.0 Å². The molecule has 1 aromatic carbocycles. The van der Waals surface area contributed by atoms with E-state index in [2.05, 4.69) is 15.6 Å². The number of amides is 1. The summed E-state index contributed by atoms with van der Waals surface area (Å²) in [6, 6.07) is 10.0. The second-order valence-electron chi connectivity index (χ2n) is 6.09. The molecule has 2 aromatic rings. The van der Waals surface area contributed by atoms with Crippen molar-refractivity contribution in [2.75, 3.05) is 5.32 Å². The minimum atomic E-state index is -0.393. The number of aromatic nitrogens is 1. The number of nitrogens with two attached hydrogens (primary N) is 1. The van der Waals surface area contributed by atoms with Gasteiger partial charge in [0, 0.05) is 18.3 Å². The van der Waals surface area contributed by atoms with Crippen molar-refractivity contribution in [1.29, 1.82) is 0 Å². The van der Waals surface area contributed by atoms with Gasteiger partial charge in [-0.3, -0.25) is 4.79 Å². The maximum Gasteiger partial charge on any atom is 0.255 e. The van der Waals surface area contributed by atoms with Crippen molar-refractivity contribution in [2.45, 2.75) is 37.8 Å². The first-order valence-electron chi connectivity index (χ1n) is 8.16. The van der Waals surface area contributed by atoms with Crippen LogP contribution >= 0.6 is 24.8 Å². The predicted octanol–water partition coefficient (Wildman–Crippen LogP) is 3.81. The Morgan fingerprint density at radius 1 is 1.08 bits per heavy atom. The molecule has 0 atom stereocenters. The molecule has 1 fully saturated rings. The Kier molecular flexibility index (Phi) is 8.78. The number of para-hydroxylation sites is 1. The third kappa shape index (κ3) is 5.56. The number of carbonyl (C=O) groups excluding carboxylic acids is 1. The van der Waals surface area contributed by atoms with Crippen molar-refractivity contribution in [2.24, 2.45) is 5.73 Å². The van der Waals surface area contributed by atoms with Gasteiger partial charge in [0.25, 0.3) is 5.91 Å². The van der Waals surface area contributed by atoms with E-state index >= 15 is 0 Å². The van der Waals surface area contributed by atoms with Crippen molar-refractivity contribution in [3.05, 3.63) is 54.0 Å². The van der Waals surface area contributed by atoms with Gasteiger partial charge < -0.3 is 16.4 Å². The number of hydrogen-bond acceptors (Lipinski definition) is 4. The van der Waals surface area contributed by atoms with Crippen LogP contribution in [0.4, 0.5) is 15.9 Å². The summed E-state index contributed by atoms with van der Waals surface area (Å²) in [7, 11) is 0. The smallest absolute Gasteiger partial charge is 0.255 e. The van der Waals surface area contributed by atoms with E-state index in [0.29, 0.717) is 11.4 Å². The minimum Gasteiger partial charge on any atom is -0.349 e. The summed E-state index contributed by atoms with van der Waals surface area (Å²) >= 11 is 0. The number of pyridine rings is 1. The first-order chi connectivity index (χ1) is 11.6. The van der Waals surface area contributed by atoms with Crippen LogP contribution in [0.15, 0.2) is 42.6 Å². The predicted molar refractivity (Wildman–Crippen MR) is 106 cm³/mol. The SMILES string of the molecule is Cl.Cl.NC1CCC(NC(=O)c2cccnc2Nc2ccccc2F)CC1. The number of rotatable bonds is 4. The van der Waals surface area contributed by atoms with Crippen LogP contribution < -0.4 is 16.4 Å². The van der Waals surface area contributed by atoms with Crippen LogP contribution in [0.25, 0.3) is 0 Å². The van der Waals surface area contributed by atoms with Gasteiger partial charge in [-0.1, -0.05) is 12.1 Å². The molecule has 0 spiro atoms. The Labute approximate surface area is 164 Å². The molecule has 0 aliphatic heterocycles. The molecule has 1 aliphatic rings. The highest BCUT2D eigenvalue weighted by atomic mass is 35.5. The molecule has 1 heterocycles. The van der Waals surface area contributed by atoms with E-state index in [0.717, 1.165) is 25.7 Å². The molecular weight excluding hydrogens is 378 g/mol. The lowest BCUT2D eigenvalue weighted by molar-refractivity contribution is 0.0926. The van der Waals surface area contributed by atoms with Crippen molar-refractivity contribution >= 4 is 42.2 Å². The normalized spacial score (nSPS) is 18.8. The second-order valence-corrected chi connectivity index (χ2v) is 6.09. The summed E-state index contributed by atoms with van der Waals surface area (Å²) < 4.78 is 13.8. The van der Waals surface area contributed by atoms with Crippen molar-refractivity contribution in [1.82, 2.24) is 10.3 Å². The molecule has 1 aromatic heterocycles. The maximum atomic E-state index is 13.8. The average Bonchev–Trinajstić information content (AvgIpc) is 2.59. The van der Waals surface area contributed by atoms with Crippen LogP contribution in [0.3, 0.4) is 0 Å². The Morgan fingerprint density at radius 2 is 1.77 bits per heavy atom. The third-order valence-electron chi connectivity index (χ3n) is 4.29. The van der Waals surface area contributed by atoms with Gasteiger partial charge in [-0.2, -0.15) is 0 Å². The standard InChI is InChI=1S/C18H21FN4O.2ClH/c19-15-5-1-2-6-16(15)23-17-14(4-3-11-21-17)18(24)22-13-9-7-12(20)8-10-13;;/h1-6,11-13H,7-10,20H2,(H,21,23)(H,22,24);2*1H. The van der Waals surface area contributed by atoms with E-state index in [1.807, 2.05) is 0 Å². The van der Waals surface area contributed by atoms with Crippen LogP contribution in [0.2, 0.25) is 0 Å². The van der Waals surface area contributed by atoms with E-state index < -0.39 is 5.82 Å². The molecule has 0 unspecified atom stereocenters. The zero-order valence-electron chi connectivity index (χ0n) is 14.2. The molecule has 26 heavy (non-hydrogen) atoms. The maximum absolute atomic E-state index is 13.8. The van der Waals surface area contributed by atoms with Gasteiger partial charge in [0.2, 0.25) is 0 Å². The lowest BCUT2D eigenvalue weighted by Gasteiger charge is -2.27. The van der Waals surface area contributed by atoms with E-state index in [-0.39, 0.29) is 48.5 Å². The molecule has 142 valence electrons. The first-order valence-corrected chi connectivity index (χ1v) is 8.16. The molecule has 5 nitrogen and oxygen atoms in total. The topological polar surface area (TPSA) is 80.0 Å². The molecule has 0 radical (unpaired) electrons. The van der Waals surface area contributed by atoms with Crippen LogP contribution in [0.5, 0.6) is 0 Å². The van der Waals surface area contributed by atoms with Crippen LogP contribution in [-0.2, 0) is 0 Å². The lowest BCUT2D eigenvalue weighted by atomic mass is 9.91. The zero-order valence-corrected chi connectivity index (χ0v) is 15.8. The Bertz CT molecular complexity index is 724. The van der Waals surface area contributed by atoms with Crippen LogP contribution in [0.1, 0.15) is 36.0 Å². The fraction of sp³-hybridized carbons (Fsp3) is 0.333. The number of nitrogens with one attached hydrogen (secondary N) is 2. The van der Waals surface area contributed by atoms with Crippen molar-refractivity contribution < 1.29 is 9.18 Å². The van der Waals surface area contributed by atoms with E-state index in [1.165, 1.54) is 6.07 Å². The number of benzene rings is 1. The summed E-state index contributed by atoms with van der Waals surface area (Å²) in [5.74, 6) is -0.259. The monoisotopic (exact) mass is 400 g/mol. The Balaban J connectivity index is 0.00000169. The van der Waals surface area contributed by atoms with Gasteiger partial charge in [0.15, 0.2) is 0 Å². The number of nitrogens with zero attached hydrogens (tertiary/aromatic N) is 1. The van der Waals surface area contributed by atoms with E-state index in [9.17, 15) is 9.18 Å². The summed E-state index contributed by atoms with van der Waals surface area (Å²) in [6.45, 7) is 0. The summed E-state index contributed by atoms with van der Waals surface area (Å²) in [5, 5.41) is 5.93. The minimum absolute atomic E-state index is 0. The molecule has 0 saturated heterocycles. The number of halogens is 3. The summed E-state index contributed by atoms with van der Waals surface area (Å²) in [4.78, 5) is 16.8. The molecule has 3 rings (SSSR count). The molecule has 0 bridgehead atoms. The molecule has 1 aliphatic carbocycles. The van der Waals surface area contributed by atoms with Gasteiger partial charge in [-0.05, 0) is 49.9 Å². The highest BCUT2D eigenvalue weighted by Crippen LogP contribution is 2.22. The highest BCUT2D eigenvalue weighted by molar-refractivity contribution is 5.99. The fourth-order valence-corrected chi connectivity index (χ4v) is 2.90. The zero-order chi connectivity index (χ0) is 16.9. The number of carbonyl (C=O) groups is 1. The molecule has 1 saturated carbocycles.